The summed E-state index contributed by atoms with van der Waals surface area (Å²) < 4.78 is 5.31. The van der Waals surface area contributed by atoms with E-state index in [1.807, 2.05) is 31.2 Å². The van der Waals surface area contributed by atoms with Crippen molar-refractivity contribution in [2.45, 2.75) is 38.8 Å². The minimum Gasteiger partial charge on any atom is -0.496 e. The Kier molecular flexibility index (Phi) is 4.73. The summed E-state index contributed by atoms with van der Waals surface area (Å²) in [5, 5.41) is 2.95. The number of ether oxygens (including phenoxy) is 1. The summed E-state index contributed by atoms with van der Waals surface area (Å²) in [6, 6.07) is 7.59. The molecule has 3 N–H and O–H groups in total. The van der Waals surface area contributed by atoms with E-state index in [4.69, 9.17) is 10.5 Å². The lowest BCUT2D eigenvalue weighted by Crippen LogP contribution is -2.50. The van der Waals surface area contributed by atoms with Crippen LogP contribution in [0.4, 0.5) is 0 Å². The number of carbonyl (C=O) groups excluding carboxylic acids is 1. The van der Waals surface area contributed by atoms with Crippen LogP contribution in [-0.2, 0) is 4.79 Å². The van der Waals surface area contributed by atoms with Crippen molar-refractivity contribution in [3.05, 3.63) is 29.8 Å². The summed E-state index contributed by atoms with van der Waals surface area (Å²) in [5.74, 6) is 0.611. The molecule has 0 aliphatic rings. The average molecular weight is 250 g/mol. The molecule has 0 aliphatic heterocycles. The van der Waals surface area contributed by atoms with E-state index in [1.54, 1.807) is 21.0 Å². The Morgan fingerprint density at radius 2 is 2.06 bits per heavy atom. The molecule has 1 unspecified atom stereocenters. The van der Waals surface area contributed by atoms with Crippen LogP contribution in [0.2, 0.25) is 0 Å². The van der Waals surface area contributed by atoms with E-state index in [2.05, 4.69) is 5.32 Å². The Balaban J connectivity index is 2.93. The molecule has 0 radical (unpaired) electrons. The highest BCUT2D eigenvalue weighted by Crippen LogP contribution is 2.27. The SMILES string of the molecule is CCC(NC(=O)C(C)(C)N)c1ccccc1OC. The van der Waals surface area contributed by atoms with Gasteiger partial charge in [0.2, 0.25) is 5.91 Å². The highest BCUT2D eigenvalue weighted by atomic mass is 16.5. The van der Waals surface area contributed by atoms with Crippen molar-refractivity contribution in [2.24, 2.45) is 5.73 Å². The van der Waals surface area contributed by atoms with Crippen LogP contribution in [0.3, 0.4) is 0 Å². The number of hydrogen-bond acceptors (Lipinski definition) is 3. The van der Waals surface area contributed by atoms with Crippen molar-refractivity contribution < 1.29 is 9.53 Å². The molecule has 1 aromatic carbocycles. The molecular weight excluding hydrogens is 228 g/mol. The van der Waals surface area contributed by atoms with Gasteiger partial charge in [0.25, 0.3) is 0 Å². The van der Waals surface area contributed by atoms with Crippen LogP contribution < -0.4 is 15.8 Å². The number of para-hydroxylation sites is 1. The van der Waals surface area contributed by atoms with Gasteiger partial charge in [-0.1, -0.05) is 25.1 Å². The molecule has 1 amide bonds. The first-order valence-electron chi connectivity index (χ1n) is 6.13. The predicted octanol–water partition coefficient (Wildman–Crippen LogP) is 2.00. The third-order valence-electron chi connectivity index (χ3n) is 2.81. The minimum absolute atomic E-state index is 0.0866. The molecule has 1 aromatic rings. The number of carbonyl (C=O) groups is 1. The van der Waals surface area contributed by atoms with Crippen LogP contribution in [0, 0.1) is 0 Å². The van der Waals surface area contributed by atoms with E-state index >= 15 is 0 Å². The number of amides is 1. The second-order valence-electron chi connectivity index (χ2n) is 4.90. The maximum Gasteiger partial charge on any atom is 0.239 e. The molecule has 0 aliphatic carbocycles. The summed E-state index contributed by atoms with van der Waals surface area (Å²) in [7, 11) is 1.63. The van der Waals surface area contributed by atoms with E-state index in [1.165, 1.54) is 0 Å². The highest BCUT2D eigenvalue weighted by Gasteiger charge is 2.25. The average Bonchev–Trinajstić information content (AvgIpc) is 2.34. The smallest absolute Gasteiger partial charge is 0.239 e. The summed E-state index contributed by atoms with van der Waals surface area (Å²) in [4.78, 5) is 11.9. The Morgan fingerprint density at radius 3 is 2.56 bits per heavy atom. The molecule has 1 atom stereocenters. The van der Waals surface area contributed by atoms with Gasteiger partial charge in [-0.05, 0) is 26.3 Å². The lowest BCUT2D eigenvalue weighted by molar-refractivity contribution is -0.126. The second kappa shape index (κ2) is 5.87. The Hall–Kier alpha value is -1.55. The molecule has 0 spiro atoms. The zero-order valence-electron chi connectivity index (χ0n) is 11.5. The minimum atomic E-state index is -0.880. The van der Waals surface area contributed by atoms with Gasteiger partial charge in [-0.15, -0.1) is 0 Å². The number of hydrogen-bond donors (Lipinski definition) is 2. The monoisotopic (exact) mass is 250 g/mol. The van der Waals surface area contributed by atoms with Crippen LogP contribution in [0.5, 0.6) is 5.75 Å². The molecule has 0 heterocycles. The van der Waals surface area contributed by atoms with E-state index in [-0.39, 0.29) is 11.9 Å². The van der Waals surface area contributed by atoms with Gasteiger partial charge in [0.1, 0.15) is 5.75 Å². The fraction of sp³-hybridized carbons (Fsp3) is 0.500. The van der Waals surface area contributed by atoms with Crippen LogP contribution >= 0.6 is 0 Å². The molecule has 1 rings (SSSR count). The van der Waals surface area contributed by atoms with Crippen LogP contribution in [0.1, 0.15) is 38.8 Å². The third-order valence-corrected chi connectivity index (χ3v) is 2.81. The van der Waals surface area contributed by atoms with E-state index in [0.717, 1.165) is 17.7 Å². The van der Waals surface area contributed by atoms with Gasteiger partial charge >= 0.3 is 0 Å². The van der Waals surface area contributed by atoms with Crippen molar-refractivity contribution in [1.82, 2.24) is 5.32 Å². The molecule has 18 heavy (non-hydrogen) atoms. The van der Waals surface area contributed by atoms with Crippen LogP contribution in [0.15, 0.2) is 24.3 Å². The maximum atomic E-state index is 11.9. The van der Waals surface area contributed by atoms with Gasteiger partial charge in [-0.2, -0.15) is 0 Å². The number of methoxy groups -OCH3 is 1. The fourth-order valence-electron chi connectivity index (χ4n) is 1.70. The van der Waals surface area contributed by atoms with Crippen LogP contribution in [0.25, 0.3) is 0 Å². The second-order valence-corrected chi connectivity index (χ2v) is 4.90. The van der Waals surface area contributed by atoms with Crippen LogP contribution in [-0.4, -0.2) is 18.6 Å². The summed E-state index contributed by atoms with van der Waals surface area (Å²) >= 11 is 0. The first-order chi connectivity index (χ1) is 8.40. The molecule has 100 valence electrons. The summed E-state index contributed by atoms with van der Waals surface area (Å²) in [6.45, 7) is 5.40. The van der Waals surface area contributed by atoms with E-state index in [0.29, 0.717) is 0 Å². The van der Waals surface area contributed by atoms with Gasteiger partial charge in [0.15, 0.2) is 0 Å². The molecule has 0 saturated heterocycles. The molecule has 0 fully saturated rings. The highest BCUT2D eigenvalue weighted by molar-refractivity contribution is 5.85. The Bertz CT molecular complexity index is 411. The van der Waals surface area contributed by atoms with Crippen molar-refractivity contribution in [1.29, 1.82) is 0 Å². The van der Waals surface area contributed by atoms with Crippen molar-refractivity contribution in [3.63, 3.8) is 0 Å². The molecule has 0 aromatic heterocycles. The quantitative estimate of drug-likeness (QED) is 0.840. The zero-order chi connectivity index (χ0) is 13.8. The Labute approximate surface area is 109 Å². The van der Waals surface area contributed by atoms with Crippen molar-refractivity contribution >= 4 is 5.91 Å². The molecule has 0 saturated carbocycles. The lowest BCUT2D eigenvalue weighted by atomic mass is 10.0. The van der Waals surface area contributed by atoms with Gasteiger partial charge < -0.3 is 15.8 Å². The van der Waals surface area contributed by atoms with Gasteiger partial charge in [0.05, 0.1) is 18.7 Å². The number of nitrogens with one attached hydrogen (secondary N) is 1. The third kappa shape index (κ3) is 3.47. The van der Waals surface area contributed by atoms with E-state index in [9.17, 15) is 4.79 Å². The molecule has 4 nitrogen and oxygen atoms in total. The first kappa shape index (κ1) is 14.5. The van der Waals surface area contributed by atoms with Crippen molar-refractivity contribution in [3.8, 4) is 5.75 Å². The molecule has 0 bridgehead atoms. The lowest BCUT2D eigenvalue weighted by Gasteiger charge is -2.24. The number of rotatable bonds is 5. The summed E-state index contributed by atoms with van der Waals surface area (Å²) in [6.07, 6.45) is 0.780. The molecular formula is C14H22N2O2. The van der Waals surface area contributed by atoms with Gasteiger partial charge in [0, 0.05) is 5.56 Å². The summed E-state index contributed by atoms with van der Waals surface area (Å²) in [5.41, 5.74) is 5.88. The topological polar surface area (TPSA) is 64.4 Å². The van der Waals surface area contributed by atoms with Crippen molar-refractivity contribution in [2.75, 3.05) is 7.11 Å². The van der Waals surface area contributed by atoms with Gasteiger partial charge in [-0.3, -0.25) is 4.79 Å². The normalized spacial score (nSPS) is 12.9. The largest absolute Gasteiger partial charge is 0.496 e. The number of nitrogens with two attached hydrogens (primary N) is 1. The first-order valence-corrected chi connectivity index (χ1v) is 6.13. The number of benzene rings is 1. The predicted molar refractivity (Wildman–Crippen MR) is 72.4 cm³/mol. The zero-order valence-corrected chi connectivity index (χ0v) is 11.5. The standard InChI is InChI=1S/C14H22N2O2/c1-5-11(16-13(17)14(2,3)15)10-8-6-7-9-12(10)18-4/h6-9,11H,5,15H2,1-4H3,(H,16,17). The van der Waals surface area contributed by atoms with Gasteiger partial charge in [-0.25, -0.2) is 0 Å². The maximum absolute atomic E-state index is 11.9. The van der Waals surface area contributed by atoms with E-state index < -0.39 is 5.54 Å². The Morgan fingerprint density at radius 1 is 1.44 bits per heavy atom. The fourth-order valence-corrected chi connectivity index (χ4v) is 1.70. The molecule has 4 heteroatoms.